The Bertz CT molecular complexity index is 449. The molecule has 168 valence electrons. The molecular weight excluding hydrogens is 368 g/mol. The Hall–Kier alpha value is -1.14. The van der Waals surface area contributed by atoms with Crippen LogP contribution in [0.2, 0.25) is 0 Å². The highest BCUT2D eigenvalue weighted by Gasteiger charge is 2.29. The van der Waals surface area contributed by atoms with E-state index in [1.807, 2.05) is 10.1 Å². The fourth-order valence-electron chi connectivity index (χ4n) is 4.55. The third-order valence-electron chi connectivity index (χ3n) is 6.40. The minimum Gasteiger partial charge on any atom is -0.367 e. The number of hydroxylamine groups is 4. The number of hydrogen-bond acceptors (Lipinski definition) is 6. The van der Waals surface area contributed by atoms with Gasteiger partial charge in [0.05, 0.1) is 0 Å². The lowest BCUT2D eigenvalue weighted by atomic mass is 10.0. The monoisotopic (exact) mass is 410 g/mol. The van der Waals surface area contributed by atoms with Crippen molar-refractivity contribution in [3.63, 3.8) is 0 Å². The molecule has 0 spiro atoms. The first kappa shape index (κ1) is 24.1. The van der Waals surface area contributed by atoms with Crippen molar-refractivity contribution in [2.45, 2.75) is 135 Å². The summed E-state index contributed by atoms with van der Waals surface area (Å²) in [5.41, 5.74) is 0. The largest absolute Gasteiger partial charge is 0.367 e. The molecule has 4 atom stereocenters. The number of unbranched alkanes of at least 4 members (excludes halogenated alkanes) is 4. The Kier molecular flexibility index (Phi) is 10.4. The van der Waals surface area contributed by atoms with Gasteiger partial charge in [0.1, 0.15) is 0 Å². The smallest absolute Gasteiger partial charge is 0.325 e. The first-order valence-electron chi connectivity index (χ1n) is 11.9. The van der Waals surface area contributed by atoms with Crippen molar-refractivity contribution in [3.8, 4) is 0 Å². The van der Waals surface area contributed by atoms with Crippen LogP contribution < -0.4 is 0 Å². The molecule has 0 aromatic heterocycles. The molecule has 0 saturated carbocycles. The van der Waals surface area contributed by atoms with E-state index in [4.69, 9.17) is 9.68 Å². The molecule has 2 aliphatic rings. The molecule has 6 heteroatoms. The molecule has 2 saturated heterocycles. The van der Waals surface area contributed by atoms with Crippen LogP contribution in [0.15, 0.2) is 0 Å². The van der Waals surface area contributed by atoms with Crippen molar-refractivity contribution in [3.05, 3.63) is 0 Å². The summed E-state index contributed by atoms with van der Waals surface area (Å²) in [4.78, 5) is 35.4. The van der Waals surface area contributed by atoms with Crippen LogP contribution in [-0.4, -0.2) is 46.2 Å². The molecule has 2 fully saturated rings. The quantitative estimate of drug-likeness (QED) is 0.464. The summed E-state index contributed by atoms with van der Waals surface area (Å²) >= 11 is 0. The van der Waals surface area contributed by atoms with E-state index in [1.54, 1.807) is 0 Å². The zero-order chi connectivity index (χ0) is 21.2. The number of carbonyl (C=O) groups excluding carboxylic acids is 2. The van der Waals surface area contributed by atoms with Crippen LogP contribution >= 0.6 is 0 Å². The predicted octanol–water partition coefficient (Wildman–Crippen LogP) is 5.16. The highest BCUT2D eigenvalue weighted by molar-refractivity contribution is 5.69. The molecule has 0 aromatic carbocycles. The summed E-state index contributed by atoms with van der Waals surface area (Å²) in [6.07, 6.45) is 12.5. The molecule has 0 radical (unpaired) electrons. The molecular formula is C23H42N2O4. The number of rotatable bonds is 10. The van der Waals surface area contributed by atoms with Crippen molar-refractivity contribution in [1.29, 1.82) is 0 Å². The second kappa shape index (κ2) is 12.5. The van der Waals surface area contributed by atoms with E-state index in [0.717, 1.165) is 57.8 Å². The Morgan fingerprint density at radius 3 is 1.28 bits per heavy atom. The first-order chi connectivity index (χ1) is 13.9. The molecule has 2 rings (SSSR count). The minimum atomic E-state index is -0.112. The number of carbonyl (C=O) groups is 2. The molecule has 0 N–H and O–H groups in total. The van der Waals surface area contributed by atoms with E-state index in [0.29, 0.717) is 37.0 Å². The molecule has 4 unspecified atom stereocenters. The van der Waals surface area contributed by atoms with E-state index in [9.17, 15) is 9.59 Å². The van der Waals surface area contributed by atoms with Gasteiger partial charge >= 0.3 is 11.9 Å². The Morgan fingerprint density at radius 2 is 0.931 bits per heavy atom. The second-order valence-electron chi connectivity index (χ2n) is 9.17. The summed E-state index contributed by atoms with van der Waals surface area (Å²) < 4.78 is 0. The third kappa shape index (κ3) is 8.25. The van der Waals surface area contributed by atoms with Crippen LogP contribution in [0.3, 0.4) is 0 Å². The highest BCUT2D eigenvalue weighted by atomic mass is 16.7. The molecule has 2 heterocycles. The molecule has 0 bridgehead atoms. The molecule has 2 aliphatic heterocycles. The van der Waals surface area contributed by atoms with Gasteiger partial charge in [0.25, 0.3) is 0 Å². The van der Waals surface area contributed by atoms with Crippen molar-refractivity contribution in [1.82, 2.24) is 10.1 Å². The Labute approximate surface area is 177 Å². The van der Waals surface area contributed by atoms with Crippen LogP contribution in [0.4, 0.5) is 0 Å². The van der Waals surface area contributed by atoms with E-state index >= 15 is 0 Å². The second-order valence-corrected chi connectivity index (χ2v) is 9.17. The van der Waals surface area contributed by atoms with E-state index < -0.39 is 0 Å². The van der Waals surface area contributed by atoms with Gasteiger partial charge in [-0.05, 0) is 66.2 Å². The predicted molar refractivity (Wildman–Crippen MR) is 114 cm³/mol. The normalized spacial score (nSPS) is 28.8. The van der Waals surface area contributed by atoms with Gasteiger partial charge in [0, 0.05) is 37.0 Å². The number of nitrogens with zero attached hydrogens (tertiary/aromatic N) is 2. The van der Waals surface area contributed by atoms with E-state index in [1.165, 1.54) is 12.8 Å². The topological polar surface area (TPSA) is 59.1 Å². The Balaban J connectivity index is 1.49. The van der Waals surface area contributed by atoms with Gasteiger partial charge in [-0.3, -0.25) is 9.59 Å². The minimum absolute atomic E-state index is 0.112. The summed E-state index contributed by atoms with van der Waals surface area (Å²) in [5, 5.41) is 3.78. The molecule has 0 aliphatic carbocycles. The van der Waals surface area contributed by atoms with Crippen LogP contribution in [0, 0.1) is 0 Å². The molecule has 6 nitrogen and oxygen atoms in total. The van der Waals surface area contributed by atoms with Crippen molar-refractivity contribution in [2.75, 3.05) is 0 Å². The number of hydrogen-bond donors (Lipinski definition) is 0. The fourth-order valence-corrected chi connectivity index (χ4v) is 4.55. The average Bonchev–Trinajstić information content (AvgIpc) is 2.67. The maximum absolute atomic E-state index is 12.1. The van der Waals surface area contributed by atoms with Gasteiger partial charge in [-0.1, -0.05) is 32.1 Å². The summed E-state index contributed by atoms with van der Waals surface area (Å²) in [6, 6.07) is 1.27. The van der Waals surface area contributed by atoms with Gasteiger partial charge in [0.15, 0.2) is 0 Å². The third-order valence-corrected chi connectivity index (χ3v) is 6.40. The summed E-state index contributed by atoms with van der Waals surface area (Å²) in [5.74, 6) is -0.224. The highest BCUT2D eigenvalue weighted by Crippen LogP contribution is 2.24. The van der Waals surface area contributed by atoms with Gasteiger partial charge in [-0.15, -0.1) is 10.1 Å². The zero-order valence-corrected chi connectivity index (χ0v) is 19.0. The first-order valence-corrected chi connectivity index (χ1v) is 11.9. The van der Waals surface area contributed by atoms with Gasteiger partial charge in [-0.2, -0.15) is 0 Å². The van der Waals surface area contributed by atoms with Crippen LogP contribution in [0.25, 0.3) is 0 Å². The van der Waals surface area contributed by atoms with Crippen molar-refractivity contribution in [2.24, 2.45) is 0 Å². The zero-order valence-electron chi connectivity index (χ0n) is 19.0. The van der Waals surface area contributed by atoms with Crippen molar-refractivity contribution < 1.29 is 19.3 Å². The van der Waals surface area contributed by atoms with Crippen LogP contribution in [-0.2, 0) is 19.3 Å². The lowest BCUT2D eigenvalue weighted by Gasteiger charge is -2.36. The van der Waals surface area contributed by atoms with Crippen LogP contribution in [0.5, 0.6) is 0 Å². The van der Waals surface area contributed by atoms with Gasteiger partial charge < -0.3 is 9.68 Å². The summed E-state index contributed by atoms with van der Waals surface area (Å²) in [6.45, 7) is 8.50. The molecule has 0 aromatic rings. The number of piperidine rings is 2. The lowest BCUT2D eigenvalue weighted by Crippen LogP contribution is -2.44. The maximum Gasteiger partial charge on any atom is 0.325 e. The fraction of sp³-hybridized carbons (Fsp3) is 0.913. The molecule has 0 amide bonds. The lowest BCUT2D eigenvalue weighted by molar-refractivity contribution is -0.220. The maximum atomic E-state index is 12.1. The van der Waals surface area contributed by atoms with Gasteiger partial charge in [-0.25, -0.2) is 0 Å². The molecule has 29 heavy (non-hydrogen) atoms. The summed E-state index contributed by atoms with van der Waals surface area (Å²) in [7, 11) is 0. The van der Waals surface area contributed by atoms with E-state index in [-0.39, 0.29) is 11.9 Å². The van der Waals surface area contributed by atoms with Crippen LogP contribution in [0.1, 0.15) is 111 Å². The standard InChI is InChI=1S/C23H42N2O4/c1-18-12-10-13-19(2)24(18)28-22(26)16-8-6-5-7-9-17-23(27)29-25-20(3)14-11-15-21(25)4/h18-21H,5-17H2,1-4H3. The van der Waals surface area contributed by atoms with Crippen molar-refractivity contribution >= 4 is 11.9 Å². The Morgan fingerprint density at radius 1 is 0.621 bits per heavy atom. The van der Waals surface area contributed by atoms with Gasteiger partial charge in [0.2, 0.25) is 0 Å². The SMILES string of the molecule is CC1CCCC(C)N1OC(=O)CCCCCCCC(=O)ON1C(C)CCCC1C. The average molecular weight is 411 g/mol. The van der Waals surface area contributed by atoms with E-state index in [2.05, 4.69) is 27.7 Å².